The summed E-state index contributed by atoms with van der Waals surface area (Å²) < 4.78 is 16.3. The first-order chi connectivity index (χ1) is 14.4. The average molecular weight is 414 g/mol. The fourth-order valence-electron chi connectivity index (χ4n) is 2.91. The first-order valence-corrected chi connectivity index (χ1v) is 9.54. The van der Waals surface area contributed by atoms with Crippen LogP contribution in [0.2, 0.25) is 0 Å². The SMILES string of the molecule is C[C@@H](OC(=O)c1ccc(OC[C@@H]2CCCO2)cc1)C(=O)Nc1ccccc1[N+](=O)[O-]. The highest BCUT2D eigenvalue weighted by molar-refractivity contribution is 5.98. The molecule has 0 saturated carbocycles. The van der Waals surface area contributed by atoms with Crippen LogP contribution in [0.15, 0.2) is 48.5 Å². The Balaban J connectivity index is 1.53. The number of anilines is 1. The van der Waals surface area contributed by atoms with Crippen molar-refractivity contribution >= 4 is 23.3 Å². The molecule has 1 amide bonds. The standard InChI is InChI=1S/C21H22N2O7/c1-14(20(24)22-18-6-2-3-7-19(18)23(26)27)30-21(25)15-8-10-16(11-9-15)29-13-17-5-4-12-28-17/h2-3,6-11,14,17H,4-5,12-13H2,1H3,(H,22,24)/t14-,17+/m1/s1. The highest BCUT2D eigenvalue weighted by atomic mass is 16.6. The van der Waals surface area contributed by atoms with Gasteiger partial charge in [0.1, 0.15) is 18.0 Å². The summed E-state index contributed by atoms with van der Waals surface area (Å²) in [5.74, 6) is -0.760. The predicted molar refractivity (Wildman–Crippen MR) is 108 cm³/mol. The summed E-state index contributed by atoms with van der Waals surface area (Å²) in [7, 11) is 0. The molecule has 1 N–H and O–H groups in total. The zero-order chi connectivity index (χ0) is 21.5. The number of nitrogens with one attached hydrogen (secondary N) is 1. The molecule has 3 rings (SSSR count). The Bertz CT molecular complexity index is 908. The van der Waals surface area contributed by atoms with Gasteiger partial charge in [-0.05, 0) is 50.1 Å². The number of hydrogen-bond donors (Lipinski definition) is 1. The molecule has 30 heavy (non-hydrogen) atoms. The summed E-state index contributed by atoms with van der Waals surface area (Å²) in [6.45, 7) is 2.59. The van der Waals surface area contributed by atoms with E-state index >= 15 is 0 Å². The van der Waals surface area contributed by atoms with Crippen LogP contribution in [0, 0.1) is 10.1 Å². The van der Waals surface area contributed by atoms with Crippen LogP contribution in [0.25, 0.3) is 0 Å². The minimum absolute atomic E-state index is 0.0307. The third kappa shape index (κ3) is 5.54. The number of carbonyl (C=O) groups is 2. The molecule has 0 unspecified atom stereocenters. The van der Waals surface area contributed by atoms with Gasteiger partial charge < -0.3 is 19.5 Å². The third-order valence-corrected chi connectivity index (χ3v) is 4.56. The van der Waals surface area contributed by atoms with Crippen LogP contribution in [0.3, 0.4) is 0 Å². The maximum absolute atomic E-state index is 12.3. The van der Waals surface area contributed by atoms with Crippen molar-refractivity contribution in [2.75, 3.05) is 18.5 Å². The molecule has 2 aromatic rings. The van der Waals surface area contributed by atoms with Crippen LogP contribution in [-0.4, -0.2) is 42.2 Å². The number of benzene rings is 2. The highest BCUT2D eigenvalue weighted by Gasteiger charge is 2.22. The van der Waals surface area contributed by atoms with Crippen molar-refractivity contribution in [1.29, 1.82) is 0 Å². The van der Waals surface area contributed by atoms with E-state index in [-0.39, 0.29) is 23.0 Å². The molecule has 158 valence electrons. The van der Waals surface area contributed by atoms with E-state index in [0.717, 1.165) is 19.4 Å². The van der Waals surface area contributed by atoms with Gasteiger partial charge >= 0.3 is 5.97 Å². The van der Waals surface area contributed by atoms with Crippen LogP contribution >= 0.6 is 0 Å². The smallest absolute Gasteiger partial charge is 0.338 e. The van der Waals surface area contributed by atoms with Crippen molar-refractivity contribution in [3.8, 4) is 5.75 Å². The van der Waals surface area contributed by atoms with E-state index in [1.807, 2.05) is 0 Å². The molecule has 0 bridgehead atoms. The fourth-order valence-corrected chi connectivity index (χ4v) is 2.91. The largest absolute Gasteiger partial charge is 0.491 e. The van der Waals surface area contributed by atoms with Gasteiger partial charge in [-0.3, -0.25) is 14.9 Å². The molecular formula is C21H22N2O7. The van der Waals surface area contributed by atoms with Crippen molar-refractivity contribution in [2.24, 2.45) is 0 Å². The van der Waals surface area contributed by atoms with E-state index < -0.39 is 22.9 Å². The molecule has 9 heteroatoms. The molecule has 9 nitrogen and oxygen atoms in total. The van der Waals surface area contributed by atoms with E-state index in [1.165, 1.54) is 25.1 Å². The summed E-state index contributed by atoms with van der Waals surface area (Å²) in [5, 5.41) is 13.4. The Morgan fingerprint density at radius 1 is 1.23 bits per heavy atom. The molecule has 1 aliphatic heterocycles. The topological polar surface area (TPSA) is 117 Å². The van der Waals surface area contributed by atoms with E-state index in [4.69, 9.17) is 14.2 Å². The van der Waals surface area contributed by atoms with E-state index in [2.05, 4.69) is 5.32 Å². The minimum Gasteiger partial charge on any atom is -0.491 e. The average Bonchev–Trinajstić information content (AvgIpc) is 3.26. The van der Waals surface area contributed by atoms with Gasteiger partial charge in [-0.25, -0.2) is 4.79 Å². The Hall–Kier alpha value is -3.46. The van der Waals surface area contributed by atoms with Gasteiger partial charge in [0.2, 0.25) is 0 Å². The van der Waals surface area contributed by atoms with Crippen molar-refractivity contribution in [2.45, 2.75) is 32.0 Å². The maximum Gasteiger partial charge on any atom is 0.338 e. The number of hydrogen-bond acceptors (Lipinski definition) is 7. The second-order valence-corrected chi connectivity index (χ2v) is 6.78. The number of esters is 1. The lowest BCUT2D eigenvalue weighted by atomic mass is 10.2. The quantitative estimate of drug-likeness (QED) is 0.400. The Kier molecular flexibility index (Phi) is 6.97. The normalized spacial score (nSPS) is 16.5. The molecular weight excluding hydrogens is 392 g/mol. The molecule has 1 saturated heterocycles. The molecule has 0 aromatic heterocycles. The number of carbonyl (C=O) groups excluding carboxylic acids is 2. The molecule has 1 heterocycles. The van der Waals surface area contributed by atoms with Crippen LogP contribution in [0.1, 0.15) is 30.1 Å². The van der Waals surface area contributed by atoms with Gasteiger partial charge in [0, 0.05) is 12.7 Å². The van der Waals surface area contributed by atoms with Gasteiger partial charge in [0.25, 0.3) is 11.6 Å². The number of nitro groups is 1. The molecule has 0 spiro atoms. The summed E-state index contributed by atoms with van der Waals surface area (Å²) in [5.41, 5.74) is 0.0379. The molecule has 2 aromatic carbocycles. The van der Waals surface area contributed by atoms with Crippen LogP contribution < -0.4 is 10.1 Å². The maximum atomic E-state index is 12.3. The summed E-state index contributed by atoms with van der Waals surface area (Å²) >= 11 is 0. The van der Waals surface area contributed by atoms with Crippen molar-refractivity contribution in [3.63, 3.8) is 0 Å². The third-order valence-electron chi connectivity index (χ3n) is 4.56. The Labute approximate surface area is 173 Å². The first kappa shape index (κ1) is 21.3. The molecule has 0 radical (unpaired) electrons. The summed E-state index contributed by atoms with van der Waals surface area (Å²) in [6.07, 6.45) is 0.945. The molecule has 1 fully saturated rings. The molecule has 1 aliphatic rings. The zero-order valence-corrected chi connectivity index (χ0v) is 16.4. The minimum atomic E-state index is -1.15. The second kappa shape index (κ2) is 9.84. The van der Waals surface area contributed by atoms with Gasteiger partial charge in [-0.1, -0.05) is 12.1 Å². The van der Waals surface area contributed by atoms with Gasteiger partial charge in [-0.2, -0.15) is 0 Å². The van der Waals surface area contributed by atoms with Gasteiger partial charge in [0.15, 0.2) is 6.10 Å². The van der Waals surface area contributed by atoms with Crippen LogP contribution in [-0.2, 0) is 14.3 Å². The Morgan fingerprint density at radius 2 is 1.97 bits per heavy atom. The highest BCUT2D eigenvalue weighted by Crippen LogP contribution is 2.23. The first-order valence-electron chi connectivity index (χ1n) is 9.54. The number of amides is 1. The number of nitrogens with zero attached hydrogens (tertiary/aromatic N) is 1. The number of rotatable bonds is 8. The number of ether oxygens (including phenoxy) is 3. The second-order valence-electron chi connectivity index (χ2n) is 6.78. The van der Waals surface area contributed by atoms with Crippen molar-refractivity contribution < 1.29 is 28.7 Å². The number of para-hydroxylation sites is 2. The molecule has 2 atom stereocenters. The van der Waals surface area contributed by atoms with Gasteiger partial charge in [-0.15, -0.1) is 0 Å². The number of nitro benzene ring substituents is 1. The van der Waals surface area contributed by atoms with Crippen LogP contribution in [0.5, 0.6) is 5.75 Å². The fraction of sp³-hybridized carbons (Fsp3) is 0.333. The van der Waals surface area contributed by atoms with E-state index in [0.29, 0.717) is 12.4 Å². The van der Waals surface area contributed by atoms with Crippen molar-refractivity contribution in [3.05, 3.63) is 64.2 Å². The van der Waals surface area contributed by atoms with E-state index in [9.17, 15) is 19.7 Å². The van der Waals surface area contributed by atoms with Crippen LogP contribution in [0.4, 0.5) is 11.4 Å². The molecule has 0 aliphatic carbocycles. The van der Waals surface area contributed by atoms with Crippen molar-refractivity contribution in [1.82, 2.24) is 0 Å². The van der Waals surface area contributed by atoms with Gasteiger partial charge in [0.05, 0.1) is 16.6 Å². The zero-order valence-electron chi connectivity index (χ0n) is 16.4. The lowest BCUT2D eigenvalue weighted by molar-refractivity contribution is -0.383. The summed E-state index contributed by atoms with van der Waals surface area (Å²) in [6, 6.07) is 12.1. The Morgan fingerprint density at radius 3 is 2.63 bits per heavy atom. The van der Waals surface area contributed by atoms with E-state index in [1.54, 1.807) is 30.3 Å². The lowest BCUT2D eigenvalue weighted by Gasteiger charge is -2.14. The lowest BCUT2D eigenvalue weighted by Crippen LogP contribution is -2.30. The predicted octanol–water partition coefficient (Wildman–Crippen LogP) is 3.34. The summed E-state index contributed by atoms with van der Waals surface area (Å²) in [4.78, 5) is 35.0. The monoisotopic (exact) mass is 414 g/mol.